The minimum Gasteiger partial charge on any atom is -0.391 e. The topological polar surface area (TPSA) is 64.9 Å². The van der Waals surface area contributed by atoms with Crippen molar-refractivity contribution >= 4 is 32.3 Å². The van der Waals surface area contributed by atoms with Crippen LogP contribution in [0.2, 0.25) is 0 Å². The Bertz CT molecular complexity index is 735. The minimum absolute atomic E-state index is 0.508. The van der Waals surface area contributed by atoms with E-state index in [1.54, 1.807) is 0 Å². The summed E-state index contributed by atoms with van der Waals surface area (Å²) < 4.78 is 6.30. The summed E-state index contributed by atoms with van der Waals surface area (Å²) in [5.41, 5.74) is 7.73. The molecule has 2 N–H and O–H groups in total. The smallest absolute Gasteiger partial charge is 0.268 e. The number of thiophene rings is 1. The van der Waals surface area contributed by atoms with E-state index in [4.69, 9.17) is 10.3 Å². The zero-order valence-corrected chi connectivity index (χ0v) is 12.5. The fourth-order valence-electron chi connectivity index (χ4n) is 1.78. The van der Waals surface area contributed by atoms with Gasteiger partial charge in [-0.05, 0) is 30.7 Å². The fourth-order valence-corrected chi connectivity index (χ4v) is 3.04. The van der Waals surface area contributed by atoms with Gasteiger partial charge in [-0.15, -0.1) is 11.3 Å². The first-order chi connectivity index (χ1) is 9.13. The van der Waals surface area contributed by atoms with E-state index < -0.39 is 0 Å². The summed E-state index contributed by atoms with van der Waals surface area (Å²) in [5, 5.41) is 4.76. The molecular formula is C13H10BrN3OS. The van der Waals surface area contributed by atoms with Crippen LogP contribution in [0, 0.1) is 6.92 Å². The maximum atomic E-state index is 5.78. The molecule has 2 heterocycles. The number of benzene rings is 1. The van der Waals surface area contributed by atoms with Gasteiger partial charge in [-0.25, -0.2) is 0 Å². The molecule has 0 fully saturated rings. The van der Waals surface area contributed by atoms with Crippen molar-refractivity contribution in [3.8, 4) is 22.2 Å². The molecule has 96 valence electrons. The van der Waals surface area contributed by atoms with Gasteiger partial charge in [0.05, 0.1) is 9.88 Å². The van der Waals surface area contributed by atoms with Crippen molar-refractivity contribution in [1.82, 2.24) is 10.1 Å². The van der Waals surface area contributed by atoms with Crippen molar-refractivity contribution in [1.29, 1.82) is 0 Å². The van der Waals surface area contributed by atoms with Crippen molar-refractivity contribution in [2.75, 3.05) is 5.73 Å². The summed E-state index contributed by atoms with van der Waals surface area (Å²) in [4.78, 5) is 5.34. The monoisotopic (exact) mass is 335 g/mol. The number of hydrogen-bond donors (Lipinski definition) is 1. The standard InChI is InChI=1S/C13H10BrN3OS/c1-7-5-10(15)19-11(7)13-16-12(17-18-13)8-3-2-4-9(14)6-8/h2-6H,15H2,1H3. The third-order valence-electron chi connectivity index (χ3n) is 2.64. The Kier molecular flexibility index (Phi) is 3.12. The van der Waals surface area contributed by atoms with Gasteiger partial charge in [0.25, 0.3) is 5.89 Å². The van der Waals surface area contributed by atoms with Crippen LogP contribution in [0.5, 0.6) is 0 Å². The van der Waals surface area contributed by atoms with E-state index in [0.717, 1.165) is 25.5 Å². The molecule has 0 saturated heterocycles. The van der Waals surface area contributed by atoms with E-state index in [1.807, 2.05) is 37.3 Å². The van der Waals surface area contributed by atoms with E-state index in [-0.39, 0.29) is 0 Å². The first kappa shape index (κ1) is 12.4. The van der Waals surface area contributed by atoms with Crippen LogP contribution >= 0.6 is 27.3 Å². The number of anilines is 1. The van der Waals surface area contributed by atoms with Crippen LogP contribution in [0.4, 0.5) is 5.00 Å². The molecule has 0 spiro atoms. The van der Waals surface area contributed by atoms with Crippen molar-refractivity contribution in [2.24, 2.45) is 0 Å². The number of nitrogens with zero attached hydrogens (tertiary/aromatic N) is 2. The predicted molar refractivity (Wildman–Crippen MR) is 79.9 cm³/mol. The number of aryl methyl sites for hydroxylation is 1. The summed E-state index contributed by atoms with van der Waals surface area (Å²) in [6.07, 6.45) is 0. The Morgan fingerprint density at radius 2 is 2.16 bits per heavy atom. The van der Waals surface area contributed by atoms with Gasteiger partial charge < -0.3 is 10.3 Å². The summed E-state index contributed by atoms with van der Waals surface area (Å²) in [6, 6.07) is 9.68. The number of nitrogens with two attached hydrogens (primary N) is 1. The van der Waals surface area contributed by atoms with Gasteiger partial charge in [-0.1, -0.05) is 33.2 Å². The molecule has 0 saturated carbocycles. The van der Waals surface area contributed by atoms with Gasteiger partial charge in [0.15, 0.2) is 0 Å². The molecule has 3 aromatic rings. The zero-order chi connectivity index (χ0) is 13.4. The van der Waals surface area contributed by atoms with E-state index >= 15 is 0 Å². The summed E-state index contributed by atoms with van der Waals surface area (Å²) in [6.45, 7) is 1.98. The number of rotatable bonds is 2. The summed E-state index contributed by atoms with van der Waals surface area (Å²) in [5.74, 6) is 1.08. The van der Waals surface area contributed by atoms with Crippen LogP contribution in [0.25, 0.3) is 22.2 Å². The molecule has 0 aliphatic carbocycles. The second kappa shape index (κ2) is 4.79. The highest BCUT2D eigenvalue weighted by atomic mass is 79.9. The van der Waals surface area contributed by atoms with Gasteiger partial charge in [0.1, 0.15) is 0 Å². The average Bonchev–Trinajstić information content (AvgIpc) is 2.96. The lowest BCUT2D eigenvalue weighted by molar-refractivity contribution is 0.433. The van der Waals surface area contributed by atoms with E-state index in [1.165, 1.54) is 11.3 Å². The second-order valence-electron chi connectivity index (χ2n) is 4.09. The largest absolute Gasteiger partial charge is 0.391 e. The van der Waals surface area contributed by atoms with Gasteiger partial charge in [-0.2, -0.15) is 4.98 Å². The van der Waals surface area contributed by atoms with Crippen molar-refractivity contribution < 1.29 is 4.52 Å². The number of hydrogen-bond acceptors (Lipinski definition) is 5. The Balaban J connectivity index is 2.02. The quantitative estimate of drug-likeness (QED) is 0.765. The van der Waals surface area contributed by atoms with Gasteiger partial charge in [0, 0.05) is 10.0 Å². The first-order valence-corrected chi connectivity index (χ1v) is 7.20. The molecule has 0 aliphatic rings. The van der Waals surface area contributed by atoms with Crippen LogP contribution in [-0.2, 0) is 0 Å². The third-order valence-corrected chi connectivity index (χ3v) is 4.19. The molecule has 19 heavy (non-hydrogen) atoms. The molecule has 6 heteroatoms. The zero-order valence-electron chi connectivity index (χ0n) is 10.1. The lowest BCUT2D eigenvalue weighted by Gasteiger charge is -1.94. The van der Waals surface area contributed by atoms with Crippen LogP contribution in [0.1, 0.15) is 5.56 Å². The third kappa shape index (κ3) is 2.41. The molecule has 4 nitrogen and oxygen atoms in total. The van der Waals surface area contributed by atoms with Gasteiger partial charge >= 0.3 is 0 Å². The van der Waals surface area contributed by atoms with E-state index in [9.17, 15) is 0 Å². The Morgan fingerprint density at radius 3 is 2.84 bits per heavy atom. The molecule has 2 aromatic heterocycles. The number of halogens is 1. The SMILES string of the molecule is Cc1cc(N)sc1-c1nc(-c2cccc(Br)c2)no1. The molecule has 0 unspecified atom stereocenters. The second-order valence-corrected chi connectivity index (χ2v) is 6.09. The van der Waals surface area contributed by atoms with Crippen LogP contribution < -0.4 is 5.73 Å². The van der Waals surface area contributed by atoms with Crippen LogP contribution in [-0.4, -0.2) is 10.1 Å². The van der Waals surface area contributed by atoms with Gasteiger partial charge in [-0.3, -0.25) is 0 Å². The number of aromatic nitrogens is 2. The fraction of sp³-hybridized carbons (Fsp3) is 0.0769. The normalized spacial score (nSPS) is 10.8. The highest BCUT2D eigenvalue weighted by molar-refractivity contribution is 9.10. The molecule has 0 aliphatic heterocycles. The predicted octanol–water partition coefficient (Wildman–Crippen LogP) is 4.12. The summed E-state index contributed by atoms with van der Waals surface area (Å²) >= 11 is 4.88. The first-order valence-electron chi connectivity index (χ1n) is 5.59. The maximum Gasteiger partial charge on any atom is 0.268 e. The lowest BCUT2D eigenvalue weighted by atomic mass is 10.2. The highest BCUT2D eigenvalue weighted by Crippen LogP contribution is 2.33. The minimum atomic E-state index is 0.508. The Hall–Kier alpha value is -1.66. The van der Waals surface area contributed by atoms with Gasteiger partial charge in [0.2, 0.25) is 5.82 Å². The molecule has 3 rings (SSSR count). The van der Waals surface area contributed by atoms with Crippen molar-refractivity contribution in [3.63, 3.8) is 0 Å². The lowest BCUT2D eigenvalue weighted by Crippen LogP contribution is -1.80. The van der Waals surface area contributed by atoms with Crippen molar-refractivity contribution in [2.45, 2.75) is 6.92 Å². The molecule has 1 aromatic carbocycles. The van der Waals surface area contributed by atoms with Crippen molar-refractivity contribution in [3.05, 3.63) is 40.4 Å². The molecular weight excluding hydrogens is 326 g/mol. The maximum absolute atomic E-state index is 5.78. The van der Waals surface area contributed by atoms with Crippen LogP contribution in [0.3, 0.4) is 0 Å². The Morgan fingerprint density at radius 1 is 1.32 bits per heavy atom. The Labute approximate surface area is 122 Å². The molecule has 0 atom stereocenters. The average molecular weight is 336 g/mol. The molecule has 0 radical (unpaired) electrons. The number of nitrogen functional groups attached to an aromatic ring is 1. The molecule has 0 amide bonds. The highest BCUT2D eigenvalue weighted by Gasteiger charge is 2.15. The van der Waals surface area contributed by atoms with Crippen LogP contribution in [0.15, 0.2) is 39.3 Å². The van der Waals surface area contributed by atoms with E-state index in [2.05, 4.69) is 26.1 Å². The molecule has 0 bridgehead atoms. The van der Waals surface area contributed by atoms with E-state index in [0.29, 0.717) is 11.7 Å². The summed E-state index contributed by atoms with van der Waals surface area (Å²) in [7, 11) is 0.